The molecule has 1 atom stereocenters. The van der Waals surface area contributed by atoms with Crippen LogP contribution in [0.15, 0.2) is 4.99 Å². The maximum Gasteiger partial charge on any atom is 0.191 e. The maximum absolute atomic E-state index is 5.73. The Morgan fingerprint density at radius 1 is 1.45 bits per heavy atom. The highest BCUT2D eigenvalue weighted by atomic mass is 32.1. The highest BCUT2D eigenvalue weighted by Crippen LogP contribution is 2.15. The van der Waals surface area contributed by atoms with E-state index in [4.69, 9.17) is 9.47 Å². The van der Waals surface area contributed by atoms with Gasteiger partial charge in [0.2, 0.25) is 0 Å². The van der Waals surface area contributed by atoms with E-state index < -0.39 is 0 Å². The summed E-state index contributed by atoms with van der Waals surface area (Å²) in [6, 6.07) is 0. The Hall–Kier alpha value is -1.18. The molecule has 22 heavy (non-hydrogen) atoms. The third-order valence-corrected chi connectivity index (χ3v) is 4.63. The molecular weight excluding hydrogens is 300 g/mol. The molecule has 0 aliphatic carbocycles. The lowest BCUT2D eigenvalue weighted by molar-refractivity contribution is 0.0420. The Bertz CT molecular complexity index is 464. The number of nitrogens with one attached hydrogen (secondary N) is 2. The van der Waals surface area contributed by atoms with Gasteiger partial charge in [-0.2, -0.15) is 0 Å². The van der Waals surface area contributed by atoms with Crippen LogP contribution in [-0.4, -0.2) is 50.5 Å². The van der Waals surface area contributed by atoms with Gasteiger partial charge < -0.3 is 20.1 Å². The SMILES string of the molecule is CN=C(NCCCOC1CCOC1)NCc1nc(C)c(C)s1. The lowest BCUT2D eigenvalue weighted by Crippen LogP contribution is -2.37. The first kappa shape index (κ1) is 17.2. The van der Waals surface area contributed by atoms with Crippen molar-refractivity contribution in [2.75, 3.05) is 33.4 Å². The van der Waals surface area contributed by atoms with Gasteiger partial charge in [0.1, 0.15) is 5.01 Å². The normalized spacial score (nSPS) is 18.7. The van der Waals surface area contributed by atoms with E-state index in [1.807, 2.05) is 6.92 Å². The molecular formula is C15H26N4O2S. The lowest BCUT2D eigenvalue weighted by atomic mass is 10.3. The molecule has 0 spiro atoms. The Morgan fingerprint density at radius 2 is 2.32 bits per heavy atom. The molecule has 2 rings (SSSR count). The highest BCUT2D eigenvalue weighted by Gasteiger charge is 2.15. The molecule has 1 aromatic rings. The van der Waals surface area contributed by atoms with Crippen molar-refractivity contribution in [3.8, 4) is 0 Å². The van der Waals surface area contributed by atoms with Crippen molar-refractivity contribution in [1.29, 1.82) is 0 Å². The van der Waals surface area contributed by atoms with Crippen LogP contribution in [0.5, 0.6) is 0 Å². The summed E-state index contributed by atoms with van der Waals surface area (Å²) in [4.78, 5) is 10.0. The van der Waals surface area contributed by atoms with E-state index in [0.717, 1.165) is 55.9 Å². The molecule has 2 heterocycles. The van der Waals surface area contributed by atoms with Gasteiger partial charge in [0, 0.05) is 31.7 Å². The fourth-order valence-corrected chi connectivity index (χ4v) is 3.04. The summed E-state index contributed by atoms with van der Waals surface area (Å²) in [5, 5.41) is 7.66. The Labute approximate surface area is 136 Å². The van der Waals surface area contributed by atoms with Crippen LogP contribution in [0.25, 0.3) is 0 Å². The van der Waals surface area contributed by atoms with Gasteiger partial charge in [0.25, 0.3) is 0 Å². The van der Waals surface area contributed by atoms with Crippen molar-refractivity contribution < 1.29 is 9.47 Å². The molecule has 1 aromatic heterocycles. The number of aryl methyl sites for hydroxylation is 2. The van der Waals surface area contributed by atoms with Gasteiger partial charge >= 0.3 is 0 Å². The smallest absolute Gasteiger partial charge is 0.191 e. The molecule has 7 heteroatoms. The third-order valence-electron chi connectivity index (χ3n) is 3.56. The summed E-state index contributed by atoms with van der Waals surface area (Å²) >= 11 is 1.72. The molecule has 0 bridgehead atoms. The van der Waals surface area contributed by atoms with Crippen molar-refractivity contribution >= 4 is 17.3 Å². The predicted molar refractivity (Wildman–Crippen MR) is 89.6 cm³/mol. The number of thiazole rings is 1. The molecule has 1 fully saturated rings. The molecule has 1 saturated heterocycles. The van der Waals surface area contributed by atoms with Crippen molar-refractivity contribution in [2.24, 2.45) is 4.99 Å². The highest BCUT2D eigenvalue weighted by molar-refractivity contribution is 7.11. The van der Waals surface area contributed by atoms with Gasteiger partial charge in [-0.1, -0.05) is 0 Å². The third kappa shape index (κ3) is 5.55. The largest absolute Gasteiger partial charge is 0.379 e. The zero-order chi connectivity index (χ0) is 15.8. The van der Waals surface area contributed by atoms with Gasteiger partial charge in [-0.05, 0) is 26.7 Å². The van der Waals surface area contributed by atoms with Crippen LogP contribution in [0, 0.1) is 13.8 Å². The van der Waals surface area contributed by atoms with Crippen LogP contribution in [0.1, 0.15) is 28.4 Å². The predicted octanol–water partition coefficient (Wildman–Crippen LogP) is 1.62. The zero-order valence-corrected chi connectivity index (χ0v) is 14.5. The summed E-state index contributed by atoms with van der Waals surface area (Å²) in [5.41, 5.74) is 1.11. The van der Waals surface area contributed by atoms with Crippen LogP contribution in [0.2, 0.25) is 0 Å². The number of aliphatic imine (C=N–C) groups is 1. The quantitative estimate of drug-likeness (QED) is 0.453. The number of nitrogens with zero attached hydrogens (tertiary/aromatic N) is 2. The van der Waals surface area contributed by atoms with Crippen molar-refractivity contribution in [1.82, 2.24) is 15.6 Å². The summed E-state index contributed by atoms with van der Waals surface area (Å²) in [7, 11) is 1.78. The van der Waals surface area contributed by atoms with Crippen molar-refractivity contribution in [3.05, 3.63) is 15.6 Å². The molecule has 1 aliphatic heterocycles. The minimum absolute atomic E-state index is 0.286. The van der Waals surface area contributed by atoms with E-state index in [0.29, 0.717) is 6.54 Å². The van der Waals surface area contributed by atoms with Crippen LogP contribution in [-0.2, 0) is 16.0 Å². The molecule has 1 unspecified atom stereocenters. The minimum Gasteiger partial charge on any atom is -0.379 e. The second kappa shape index (κ2) is 9.07. The average molecular weight is 326 g/mol. The number of aromatic nitrogens is 1. The summed E-state index contributed by atoms with van der Waals surface area (Å²) < 4.78 is 11.0. The number of rotatable bonds is 7. The molecule has 6 nitrogen and oxygen atoms in total. The standard InChI is InChI=1S/C15H26N4O2S/c1-11-12(2)22-14(19-11)9-18-15(16-3)17-6-4-7-21-13-5-8-20-10-13/h13H,4-10H2,1-3H3,(H2,16,17,18). The molecule has 0 aromatic carbocycles. The monoisotopic (exact) mass is 326 g/mol. The fraction of sp³-hybridized carbons (Fsp3) is 0.733. The van der Waals surface area contributed by atoms with Crippen LogP contribution in [0.3, 0.4) is 0 Å². The van der Waals surface area contributed by atoms with Crippen molar-refractivity contribution in [3.63, 3.8) is 0 Å². The second-order valence-corrected chi connectivity index (χ2v) is 6.60. The van der Waals surface area contributed by atoms with E-state index in [2.05, 4.69) is 27.5 Å². The van der Waals surface area contributed by atoms with E-state index in [-0.39, 0.29) is 6.10 Å². The van der Waals surface area contributed by atoms with Crippen LogP contribution >= 0.6 is 11.3 Å². The molecule has 2 N–H and O–H groups in total. The number of guanidine groups is 1. The molecule has 0 saturated carbocycles. The Balaban J connectivity index is 1.58. The summed E-state index contributed by atoms with van der Waals surface area (Å²) in [5.74, 6) is 0.801. The number of hydrogen-bond acceptors (Lipinski definition) is 5. The first-order valence-electron chi connectivity index (χ1n) is 7.76. The topological polar surface area (TPSA) is 67.8 Å². The Morgan fingerprint density at radius 3 is 2.95 bits per heavy atom. The fourth-order valence-electron chi connectivity index (χ4n) is 2.17. The summed E-state index contributed by atoms with van der Waals surface area (Å²) in [6.45, 7) is 8.00. The first-order valence-corrected chi connectivity index (χ1v) is 8.57. The molecule has 0 radical (unpaired) electrons. The van der Waals surface area contributed by atoms with Gasteiger partial charge in [-0.15, -0.1) is 11.3 Å². The van der Waals surface area contributed by atoms with Gasteiger partial charge in [-0.3, -0.25) is 4.99 Å². The van der Waals surface area contributed by atoms with E-state index in [1.54, 1.807) is 18.4 Å². The van der Waals surface area contributed by atoms with Gasteiger partial charge in [-0.25, -0.2) is 4.98 Å². The Kier molecular flexibility index (Phi) is 7.08. The van der Waals surface area contributed by atoms with Crippen molar-refractivity contribution in [2.45, 2.75) is 39.3 Å². The van der Waals surface area contributed by atoms with Gasteiger partial charge in [0.05, 0.1) is 24.9 Å². The molecule has 124 valence electrons. The maximum atomic E-state index is 5.73. The lowest BCUT2D eigenvalue weighted by Gasteiger charge is -2.12. The zero-order valence-electron chi connectivity index (χ0n) is 13.6. The molecule has 1 aliphatic rings. The van der Waals surface area contributed by atoms with E-state index >= 15 is 0 Å². The minimum atomic E-state index is 0.286. The average Bonchev–Trinajstić information content (AvgIpc) is 3.12. The number of hydrogen-bond donors (Lipinski definition) is 2. The molecule has 0 amide bonds. The number of ether oxygens (including phenoxy) is 2. The van der Waals surface area contributed by atoms with Crippen LogP contribution < -0.4 is 10.6 Å². The van der Waals surface area contributed by atoms with E-state index in [9.17, 15) is 0 Å². The van der Waals surface area contributed by atoms with Gasteiger partial charge in [0.15, 0.2) is 5.96 Å². The first-order chi connectivity index (χ1) is 10.7. The van der Waals surface area contributed by atoms with Crippen LogP contribution in [0.4, 0.5) is 0 Å². The summed E-state index contributed by atoms with van der Waals surface area (Å²) in [6.07, 6.45) is 2.25. The second-order valence-electron chi connectivity index (χ2n) is 5.31. The van der Waals surface area contributed by atoms with E-state index in [1.165, 1.54) is 4.88 Å².